The van der Waals surface area contributed by atoms with Crippen molar-refractivity contribution in [1.29, 1.82) is 0 Å². The van der Waals surface area contributed by atoms with E-state index in [1.165, 1.54) is 0 Å². The van der Waals surface area contributed by atoms with Gasteiger partial charge < -0.3 is 10.2 Å². The molecule has 0 radical (unpaired) electrons. The average Bonchev–Trinajstić information content (AvgIpc) is 2.82. The first kappa shape index (κ1) is 13.8. The lowest BCUT2D eigenvalue weighted by molar-refractivity contribution is 0.0788. The number of likely N-dealkylation sites (tertiary alicyclic amines) is 1. The van der Waals surface area contributed by atoms with Crippen molar-refractivity contribution in [3.63, 3.8) is 0 Å². The first-order valence-electron chi connectivity index (χ1n) is 7.11. The molecule has 0 aromatic carbocycles. The largest absolute Gasteiger partial charge is 0.384 e. The van der Waals surface area contributed by atoms with Crippen LogP contribution in [0.5, 0.6) is 0 Å². The molecular formula is C15H23N3O. The van der Waals surface area contributed by atoms with Crippen molar-refractivity contribution in [3.05, 3.63) is 23.5 Å². The highest BCUT2D eigenvalue weighted by Gasteiger charge is 2.25. The van der Waals surface area contributed by atoms with Crippen LogP contribution in [0, 0.1) is 12.8 Å². The summed E-state index contributed by atoms with van der Waals surface area (Å²) < 4.78 is 0. The molecule has 1 atom stereocenters. The van der Waals surface area contributed by atoms with Gasteiger partial charge in [0.1, 0.15) is 0 Å². The van der Waals surface area contributed by atoms with Crippen LogP contribution in [0.3, 0.4) is 0 Å². The molecule has 0 saturated carbocycles. The Bertz CT molecular complexity index is 459. The van der Waals surface area contributed by atoms with Crippen LogP contribution in [-0.2, 0) is 0 Å². The van der Waals surface area contributed by atoms with Crippen molar-refractivity contribution in [2.75, 3.05) is 25.0 Å². The number of aromatic nitrogens is 1. The number of carbonyl (C=O) groups excluding carboxylic acids is 1. The number of carbonyl (C=O) groups is 1. The molecule has 1 N–H and O–H groups in total. The predicted octanol–water partition coefficient (Wildman–Crippen LogP) is 2.69. The van der Waals surface area contributed by atoms with Crippen LogP contribution in [0.2, 0.25) is 0 Å². The van der Waals surface area contributed by atoms with Gasteiger partial charge in [0.05, 0.1) is 11.3 Å². The fourth-order valence-electron chi connectivity index (χ4n) is 2.43. The number of rotatable bonds is 4. The molecule has 0 aliphatic carbocycles. The van der Waals surface area contributed by atoms with Gasteiger partial charge in [0.25, 0.3) is 5.91 Å². The van der Waals surface area contributed by atoms with Crippen molar-refractivity contribution in [1.82, 2.24) is 9.88 Å². The molecule has 1 aromatic rings. The monoisotopic (exact) mass is 261 g/mol. The van der Waals surface area contributed by atoms with Crippen LogP contribution < -0.4 is 5.32 Å². The van der Waals surface area contributed by atoms with Gasteiger partial charge in [-0.15, -0.1) is 0 Å². The van der Waals surface area contributed by atoms with E-state index in [2.05, 4.69) is 24.1 Å². The van der Waals surface area contributed by atoms with E-state index < -0.39 is 0 Å². The summed E-state index contributed by atoms with van der Waals surface area (Å²) in [5, 5.41) is 3.33. The van der Waals surface area contributed by atoms with Crippen molar-refractivity contribution in [2.45, 2.75) is 33.6 Å². The lowest BCUT2D eigenvalue weighted by atomic mass is 10.1. The minimum atomic E-state index is 0.107. The topological polar surface area (TPSA) is 45.2 Å². The lowest BCUT2D eigenvalue weighted by Gasteiger charge is -2.18. The second-order valence-electron chi connectivity index (χ2n) is 5.44. The van der Waals surface area contributed by atoms with Crippen molar-refractivity contribution < 1.29 is 4.79 Å². The van der Waals surface area contributed by atoms with Gasteiger partial charge in [-0.2, -0.15) is 0 Å². The zero-order valence-electron chi connectivity index (χ0n) is 12.1. The molecular weight excluding hydrogens is 238 g/mol. The maximum atomic E-state index is 12.5. The van der Waals surface area contributed by atoms with E-state index >= 15 is 0 Å². The molecule has 2 heterocycles. The number of hydrogen-bond donors (Lipinski definition) is 1. The molecule has 1 saturated heterocycles. The summed E-state index contributed by atoms with van der Waals surface area (Å²) in [6.45, 7) is 8.85. The molecule has 0 bridgehead atoms. The van der Waals surface area contributed by atoms with Crippen molar-refractivity contribution in [2.24, 2.45) is 5.92 Å². The van der Waals surface area contributed by atoms with Gasteiger partial charge >= 0.3 is 0 Å². The molecule has 0 spiro atoms. The van der Waals surface area contributed by atoms with Gasteiger partial charge in [-0.3, -0.25) is 9.78 Å². The highest BCUT2D eigenvalue weighted by Crippen LogP contribution is 2.22. The Labute approximate surface area is 115 Å². The van der Waals surface area contributed by atoms with Gasteiger partial charge in [0, 0.05) is 31.5 Å². The third-order valence-electron chi connectivity index (χ3n) is 3.55. The summed E-state index contributed by atoms with van der Waals surface area (Å²) in [6, 6.07) is 1.96. The van der Waals surface area contributed by atoms with Gasteiger partial charge in [-0.25, -0.2) is 0 Å². The Morgan fingerprint density at radius 2 is 2.37 bits per heavy atom. The molecule has 4 heteroatoms. The van der Waals surface area contributed by atoms with Crippen molar-refractivity contribution in [3.8, 4) is 0 Å². The second kappa shape index (κ2) is 6.04. The van der Waals surface area contributed by atoms with Crippen LogP contribution in [-0.4, -0.2) is 35.4 Å². The number of hydrogen-bond acceptors (Lipinski definition) is 3. The Kier molecular flexibility index (Phi) is 4.40. The predicted molar refractivity (Wildman–Crippen MR) is 77.4 cm³/mol. The Morgan fingerprint density at radius 1 is 1.58 bits per heavy atom. The van der Waals surface area contributed by atoms with Gasteiger partial charge in [-0.1, -0.05) is 13.8 Å². The molecule has 1 aliphatic heterocycles. The summed E-state index contributed by atoms with van der Waals surface area (Å²) in [5.74, 6) is 0.713. The normalized spacial score (nSPS) is 18.7. The molecule has 1 aromatic heterocycles. The fourth-order valence-corrected chi connectivity index (χ4v) is 2.43. The highest BCUT2D eigenvalue weighted by atomic mass is 16.2. The van der Waals surface area contributed by atoms with Crippen LogP contribution in [0.1, 0.15) is 42.7 Å². The van der Waals surface area contributed by atoms with Crippen LogP contribution in [0.15, 0.2) is 12.3 Å². The third-order valence-corrected chi connectivity index (χ3v) is 3.55. The molecule has 19 heavy (non-hydrogen) atoms. The number of nitrogens with zero attached hydrogens (tertiary/aromatic N) is 2. The van der Waals surface area contributed by atoms with Crippen LogP contribution in [0.4, 0.5) is 5.69 Å². The van der Waals surface area contributed by atoms with Crippen LogP contribution >= 0.6 is 0 Å². The zero-order valence-corrected chi connectivity index (χ0v) is 12.1. The maximum absolute atomic E-state index is 12.5. The number of anilines is 1. The number of pyridine rings is 1. The van der Waals surface area contributed by atoms with E-state index in [1.54, 1.807) is 6.20 Å². The third kappa shape index (κ3) is 3.25. The van der Waals surface area contributed by atoms with Crippen LogP contribution in [0.25, 0.3) is 0 Å². The second-order valence-corrected chi connectivity index (χ2v) is 5.44. The zero-order chi connectivity index (χ0) is 13.8. The summed E-state index contributed by atoms with van der Waals surface area (Å²) >= 11 is 0. The lowest BCUT2D eigenvalue weighted by Crippen LogP contribution is -2.29. The molecule has 104 valence electrons. The average molecular weight is 261 g/mol. The molecule has 1 amide bonds. The molecule has 1 unspecified atom stereocenters. The van der Waals surface area contributed by atoms with E-state index in [0.717, 1.165) is 43.9 Å². The van der Waals surface area contributed by atoms with Gasteiger partial charge in [0.2, 0.25) is 0 Å². The van der Waals surface area contributed by atoms with E-state index in [9.17, 15) is 4.79 Å². The summed E-state index contributed by atoms with van der Waals surface area (Å²) in [4.78, 5) is 18.7. The summed E-state index contributed by atoms with van der Waals surface area (Å²) in [7, 11) is 0. The number of nitrogens with one attached hydrogen (secondary N) is 1. The Balaban J connectivity index is 2.20. The van der Waals surface area contributed by atoms with Gasteiger partial charge in [-0.05, 0) is 31.7 Å². The first-order valence-corrected chi connectivity index (χ1v) is 7.11. The Morgan fingerprint density at radius 3 is 3.00 bits per heavy atom. The van der Waals surface area contributed by atoms with Gasteiger partial charge in [0.15, 0.2) is 0 Å². The Hall–Kier alpha value is -1.58. The standard InChI is InChI=1S/C15H23N3O/c1-4-6-16-14-8-12(3)17-9-13(14)15(19)18-7-5-11(2)10-18/h8-9,11H,4-7,10H2,1-3H3,(H,16,17). The van der Waals surface area contributed by atoms with E-state index in [4.69, 9.17) is 0 Å². The number of amides is 1. The number of aryl methyl sites for hydroxylation is 1. The minimum absolute atomic E-state index is 0.107. The highest BCUT2D eigenvalue weighted by molar-refractivity contribution is 5.99. The first-order chi connectivity index (χ1) is 9.11. The summed E-state index contributed by atoms with van der Waals surface area (Å²) in [6.07, 6.45) is 3.84. The molecule has 4 nitrogen and oxygen atoms in total. The molecule has 1 aliphatic rings. The fraction of sp³-hybridized carbons (Fsp3) is 0.600. The molecule has 2 rings (SSSR count). The molecule has 1 fully saturated rings. The summed E-state index contributed by atoms with van der Waals surface area (Å²) in [5.41, 5.74) is 2.55. The quantitative estimate of drug-likeness (QED) is 0.906. The van der Waals surface area contributed by atoms with E-state index in [-0.39, 0.29) is 5.91 Å². The maximum Gasteiger partial charge on any atom is 0.257 e. The smallest absolute Gasteiger partial charge is 0.257 e. The minimum Gasteiger partial charge on any atom is -0.384 e. The van der Waals surface area contributed by atoms with E-state index in [1.807, 2.05) is 17.9 Å². The van der Waals surface area contributed by atoms with Crippen molar-refractivity contribution >= 4 is 11.6 Å². The SMILES string of the molecule is CCCNc1cc(C)ncc1C(=O)N1CCC(C)C1. The van der Waals surface area contributed by atoms with E-state index in [0.29, 0.717) is 11.5 Å².